The van der Waals surface area contributed by atoms with Crippen LogP contribution < -0.4 is 0 Å². The standard InChI is InChI=1S/C8H15F3O3/c1-3-13-6(2)14-7(4-5-12)8(9,10)11/h6-7,12H,3-5H2,1-2H3. The van der Waals surface area contributed by atoms with Gasteiger partial charge in [0.25, 0.3) is 0 Å². The summed E-state index contributed by atoms with van der Waals surface area (Å²) in [4.78, 5) is 0. The minimum Gasteiger partial charge on any atom is -0.396 e. The van der Waals surface area contributed by atoms with Crippen molar-refractivity contribution in [1.29, 1.82) is 0 Å². The van der Waals surface area contributed by atoms with Gasteiger partial charge in [0.1, 0.15) is 0 Å². The molecule has 0 rings (SSSR count). The Morgan fingerprint density at radius 2 is 1.93 bits per heavy atom. The summed E-state index contributed by atoms with van der Waals surface area (Å²) >= 11 is 0. The van der Waals surface area contributed by atoms with Crippen molar-refractivity contribution in [1.82, 2.24) is 0 Å². The van der Waals surface area contributed by atoms with Gasteiger partial charge in [-0.1, -0.05) is 0 Å². The summed E-state index contributed by atoms with van der Waals surface area (Å²) in [6.07, 6.45) is -7.82. The van der Waals surface area contributed by atoms with Crippen molar-refractivity contribution in [3.63, 3.8) is 0 Å². The van der Waals surface area contributed by atoms with Gasteiger partial charge in [-0.2, -0.15) is 13.2 Å². The number of hydrogen-bond acceptors (Lipinski definition) is 3. The van der Waals surface area contributed by atoms with Gasteiger partial charge < -0.3 is 14.6 Å². The number of aliphatic hydroxyl groups excluding tert-OH is 1. The van der Waals surface area contributed by atoms with Crippen molar-refractivity contribution < 1.29 is 27.8 Å². The van der Waals surface area contributed by atoms with Gasteiger partial charge in [-0.15, -0.1) is 0 Å². The quantitative estimate of drug-likeness (QED) is 0.687. The molecule has 14 heavy (non-hydrogen) atoms. The molecule has 2 unspecified atom stereocenters. The van der Waals surface area contributed by atoms with Crippen LogP contribution >= 0.6 is 0 Å². The number of alkyl halides is 3. The molecule has 0 amide bonds. The number of hydrogen-bond donors (Lipinski definition) is 1. The molecule has 0 saturated heterocycles. The second-order valence-corrected chi connectivity index (χ2v) is 2.70. The van der Waals surface area contributed by atoms with Gasteiger partial charge in [-0.25, -0.2) is 0 Å². The third-order valence-electron chi connectivity index (χ3n) is 1.51. The fourth-order valence-corrected chi connectivity index (χ4v) is 0.931. The van der Waals surface area contributed by atoms with Crippen LogP contribution in [0.1, 0.15) is 20.3 Å². The summed E-state index contributed by atoms with van der Waals surface area (Å²) in [5.74, 6) is 0. The molecule has 86 valence electrons. The average Bonchev–Trinajstić information content (AvgIpc) is 2.02. The van der Waals surface area contributed by atoms with E-state index in [4.69, 9.17) is 9.84 Å². The lowest BCUT2D eigenvalue weighted by Crippen LogP contribution is -2.36. The SMILES string of the molecule is CCOC(C)OC(CCO)C(F)(F)F. The van der Waals surface area contributed by atoms with Crippen LogP contribution in [0.5, 0.6) is 0 Å². The Labute approximate surface area is 80.8 Å². The topological polar surface area (TPSA) is 38.7 Å². The lowest BCUT2D eigenvalue weighted by Gasteiger charge is -2.23. The van der Waals surface area contributed by atoms with E-state index in [0.717, 1.165) is 0 Å². The Bertz CT molecular complexity index is 149. The van der Waals surface area contributed by atoms with Crippen LogP contribution in [0.4, 0.5) is 13.2 Å². The first-order valence-electron chi connectivity index (χ1n) is 4.36. The highest BCUT2D eigenvalue weighted by atomic mass is 19.4. The van der Waals surface area contributed by atoms with E-state index in [-0.39, 0.29) is 6.61 Å². The second kappa shape index (κ2) is 6.21. The molecule has 0 aliphatic heterocycles. The first kappa shape index (κ1) is 13.7. The van der Waals surface area contributed by atoms with Gasteiger partial charge >= 0.3 is 6.18 Å². The van der Waals surface area contributed by atoms with Crippen molar-refractivity contribution in [2.45, 2.75) is 38.8 Å². The van der Waals surface area contributed by atoms with Crippen molar-refractivity contribution in [3.8, 4) is 0 Å². The van der Waals surface area contributed by atoms with Crippen LogP contribution in [0.15, 0.2) is 0 Å². The van der Waals surface area contributed by atoms with Gasteiger partial charge in [0.15, 0.2) is 12.4 Å². The first-order chi connectivity index (χ1) is 6.41. The summed E-state index contributed by atoms with van der Waals surface area (Å²) in [6.45, 7) is 2.77. The van der Waals surface area contributed by atoms with Crippen molar-refractivity contribution in [3.05, 3.63) is 0 Å². The van der Waals surface area contributed by atoms with E-state index in [2.05, 4.69) is 4.74 Å². The van der Waals surface area contributed by atoms with Gasteiger partial charge in [0.05, 0.1) is 0 Å². The van der Waals surface area contributed by atoms with Crippen LogP contribution in [-0.4, -0.2) is 36.9 Å². The highest BCUT2D eigenvalue weighted by Gasteiger charge is 2.41. The maximum Gasteiger partial charge on any atom is 0.414 e. The molecule has 0 aromatic rings. The molecule has 6 heteroatoms. The maximum absolute atomic E-state index is 12.2. The fourth-order valence-electron chi connectivity index (χ4n) is 0.931. The third kappa shape index (κ3) is 5.41. The molecule has 0 aromatic heterocycles. The molecule has 0 heterocycles. The smallest absolute Gasteiger partial charge is 0.396 e. The molecular weight excluding hydrogens is 201 g/mol. The Balaban J connectivity index is 4.09. The molecule has 0 spiro atoms. The summed E-state index contributed by atoms with van der Waals surface area (Å²) in [7, 11) is 0. The zero-order chi connectivity index (χ0) is 11.2. The zero-order valence-electron chi connectivity index (χ0n) is 8.17. The summed E-state index contributed by atoms with van der Waals surface area (Å²) < 4.78 is 46.0. The molecule has 2 atom stereocenters. The largest absolute Gasteiger partial charge is 0.414 e. The van der Waals surface area contributed by atoms with E-state index < -0.39 is 31.6 Å². The molecular formula is C8H15F3O3. The Morgan fingerprint density at radius 3 is 2.29 bits per heavy atom. The highest BCUT2D eigenvalue weighted by molar-refractivity contribution is 4.67. The van der Waals surface area contributed by atoms with Gasteiger partial charge in [-0.05, 0) is 13.8 Å². The van der Waals surface area contributed by atoms with E-state index in [9.17, 15) is 13.2 Å². The number of aliphatic hydroxyl groups is 1. The molecule has 0 saturated carbocycles. The van der Waals surface area contributed by atoms with Crippen LogP contribution in [0, 0.1) is 0 Å². The number of halogens is 3. The van der Waals surface area contributed by atoms with Crippen molar-refractivity contribution in [2.24, 2.45) is 0 Å². The van der Waals surface area contributed by atoms with Gasteiger partial charge in [0, 0.05) is 19.6 Å². The predicted octanol–water partition coefficient (Wildman–Crippen LogP) is 1.70. The highest BCUT2D eigenvalue weighted by Crippen LogP contribution is 2.26. The zero-order valence-corrected chi connectivity index (χ0v) is 8.17. The van der Waals surface area contributed by atoms with E-state index in [1.54, 1.807) is 6.92 Å². The molecule has 1 N–H and O–H groups in total. The monoisotopic (exact) mass is 216 g/mol. The second-order valence-electron chi connectivity index (χ2n) is 2.70. The van der Waals surface area contributed by atoms with Crippen LogP contribution in [0.25, 0.3) is 0 Å². The molecule has 0 aliphatic rings. The normalized spacial score (nSPS) is 16.7. The fraction of sp³-hybridized carbons (Fsp3) is 1.00. The molecule has 0 bridgehead atoms. The Morgan fingerprint density at radius 1 is 1.36 bits per heavy atom. The Hall–Kier alpha value is -0.330. The van der Waals surface area contributed by atoms with Crippen molar-refractivity contribution >= 4 is 0 Å². The molecule has 3 nitrogen and oxygen atoms in total. The Kier molecular flexibility index (Phi) is 6.06. The summed E-state index contributed by atoms with van der Waals surface area (Å²) in [5, 5.41) is 8.42. The third-order valence-corrected chi connectivity index (χ3v) is 1.51. The van der Waals surface area contributed by atoms with E-state index in [0.29, 0.717) is 0 Å². The van der Waals surface area contributed by atoms with E-state index >= 15 is 0 Å². The molecule has 0 radical (unpaired) electrons. The van der Waals surface area contributed by atoms with Gasteiger partial charge in [0.2, 0.25) is 0 Å². The molecule has 0 aliphatic carbocycles. The van der Waals surface area contributed by atoms with Crippen LogP contribution in [0.2, 0.25) is 0 Å². The van der Waals surface area contributed by atoms with Gasteiger partial charge in [-0.3, -0.25) is 0 Å². The predicted molar refractivity (Wildman–Crippen MR) is 43.7 cm³/mol. The van der Waals surface area contributed by atoms with Crippen LogP contribution in [0.3, 0.4) is 0 Å². The van der Waals surface area contributed by atoms with E-state index in [1.165, 1.54) is 6.92 Å². The lowest BCUT2D eigenvalue weighted by atomic mass is 10.2. The first-order valence-corrected chi connectivity index (χ1v) is 4.36. The maximum atomic E-state index is 12.2. The number of rotatable bonds is 6. The average molecular weight is 216 g/mol. The van der Waals surface area contributed by atoms with E-state index in [1.807, 2.05) is 0 Å². The summed E-state index contributed by atoms with van der Waals surface area (Å²) in [6, 6.07) is 0. The minimum atomic E-state index is -4.46. The van der Waals surface area contributed by atoms with Crippen LogP contribution in [-0.2, 0) is 9.47 Å². The minimum absolute atomic E-state index is 0.283. The number of ether oxygens (including phenoxy) is 2. The molecule has 0 fully saturated rings. The molecule has 0 aromatic carbocycles. The van der Waals surface area contributed by atoms with Crippen molar-refractivity contribution in [2.75, 3.05) is 13.2 Å². The summed E-state index contributed by atoms with van der Waals surface area (Å²) in [5.41, 5.74) is 0. The lowest BCUT2D eigenvalue weighted by molar-refractivity contribution is -0.269.